The molecule has 3 aromatic rings. The zero-order valence-electron chi connectivity index (χ0n) is 14.3. The Kier molecular flexibility index (Phi) is 3.66. The largest absolute Gasteiger partial charge is 0.327 e. The third-order valence-corrected chi connectivity index (χ3v) is 5.76. The van der Waals surface area contributed by atoms with E-state index in [1.807, 2.05) is 18.5 Å². The molecule has 0 atom stereocenters. The number of aromatic nitrogens is 3. The number of primary sulfonamides is 1. The summed E-state index contributed by atoms with van der Waals surface area (Å²) in [5, 5.41) is 5.24. The Labute approximate surface area is 146 Å². The van der Waals surface area contributed by atoms with Crippen LogP contribution in [0.2, 0.25) is 0 Å². The van der Waals surface area contributed by atoms with Crippen molar-refractivity contribution < 1.29 is 8.42 Å². The summed E-state index contributed by atoms with van der Waals surface area (Å²) in [5.74, 6) is 0.838. The third kappa shape index (κ3) is 2.73. The summed E-state index contributed by atoms with van der Waals surface area (Å²) in [5.41, 5.74) is 6.01. The first-order chi connectivity index (χ1) is 11.8. The average molecular weight is 356 g/mol. The molecule has 1 aliphatic rings. The zero-order valence-corrected chi connectivity index (χ0v) is 15.1. The van der Waals surface area contributed by atoms with Crippen molar-refractivity contribution in [3.8, 4) is 11.4 Å². The third-order valence-electron chi connectivity index (χ3n) is 4.85. The van der Waals surface area contributed by atoms with E-state index >= 15 is 0 Å². The molecule has 0 spiro atoms. The monoisotopic (exact) mass is 356 g/mol. The minimum Gasteiger partial charge on any atom is -0.327 e. The number of sulfonamides is 1. The van der Waals surface area contributed by atoms with E-state index < -0.39 is 10.0 Å². The summed E-state index contributed by atoms with van der Waals surface area (Å²) in [4.78, 5) is 9.50. The van der Waals surface area contributed by atoms with Gasteiger partial charge in [-0.05, 0) is 62.4 Å². The molecule has 2 aromatic heterocycles. The predicted molar refractivity (Wildman–Crippen MR) is 96.7 cm³/mol. The predicted octanol–water partition coefficient (Wildman–Crippen LogP) is 2.47. The lowest BCUT2D eigenvalue weighted by atomic mass is 9.91. The van der Waals surface area contributed by atoms with E-state index in [1.54, 1.807) is 6.07 Å². The van der Waals surface area contributed by atoms with Crippen molar-refractivity contribution in [2.75, 3.05) is 0 Å². The fraction of sp³-hybridized carbons (Fsp3) is 0.333. The molecular weight excluding hydrogens is 336 g/mol. The number of fused-ring (bicyclic) bond motifs is 2. The van der Waals surface area contributed by atoms with Crippen molar-refractivity contribution in [1.82, 2.24) is 14.5 Å². The van der Waals surface area contributed by atoms with Gasteiger partial charge in [-0.1, -0.05) is 0 Å². The summed E-state index contributed by atoms with van der Waals surface area (Å²) in [6.07, 6.45) is 4.33. The van der Waals surface area contributed by atoms with Gasteiger partial charge in [-0.3, -0.25) is 4.98 Å². The molecule has 1 aromatic carbocycles. The molecule has 0 aliphatic heterocycles. The first-order valence-electron chi connectivity index (χ1n) is 8.33. The van der Waals surface area contributed by atoms with E-state index in [4.69, 9.17) is 15.1 Å². The van der Waals surface area contributed by atoms with Crippen molar-refractivity contribution in [1.29, 1.82) is 0 Å². The summed E-state index contributed by atoms with van der Waals surface area (Å²) in [6, 6.07) is 6.89. The first kappa shape index (κ1) is 16.2. The molecule has 0 fully saturated rings. The number of imidazole rings is 1. The van der Waals surface area contributed by atoms with Crippen LogP contribution in [0.1, 0.15) is 29.8 Å². The van der Waals surface area contributed by atoms with Gasteiger partial charge < -0.3 is 4.57 Å². The molecule has 6 nitrogen and oxygen atoms in total. The SMILES string of the molecule is Cc1cc(-c2nc3cc(S(N)(=O)=O)ccc3n2C)c2c(n1)CCCC2. The highest BCUT2D eigenvalue weighted by molar-refractivity contribution is 7.89. The number of nitrogens with zero attached hydrogens (tertiary/aromatic N) is 3. The Morgan fingerprint density at radius 1 is 1.12 bits per heavy atom. The van der Waals surface area contributed by atoms with Crippen LogP contribution in [0.25, 0.3) is 22.4 Å². The zero-order chi connectivity index (χ0) is 17.8. The number of pyridine rings is 1. The highest BCUT2D eigenvalue weighted by Gasteiger charge is 2.21. The lowest BCUT2D eigenvalue weighted by Gasteiger charge is -2.19. The number of nitrogens with two attached hydrogens (primary N) is 1. The quantitative estimate of drug-likeness (QED) is 0.763. The topological polar surface area (TPSA) is 90.9 Å². The molecule has 130 valence electrons. The summed E-state index contributed by atoms with van der Waals surface area (Å²) >= 11 is 0. The Morgan fingerprint density at radius 3 is 2.64 bits per heavy atom. The smallest absolute Gasteiger partial charge is 0.238 e. The Morgan fingerprint density at radius 2 is 1.88 bits per heavy atom. The van der Waals surface area contributed by atoms with Crippen LogP contribution in [0.3, 0.4) is 0 Å². The maximum atomic E-state index is 11.6. The summed E-state index contributed by atoms with van der Waals surface area (Å²) < 4.78 is 25.2. The van der Waals surface area contributed by atoms with E-state index in [0.717, 1.165) is 41.9 Å². The molecule has 0 bridgehead atoms. The van der Waals surface area contributed by atoms with Crippen molar-refractivity contribution >= 4 is 21.1 Å². The molecule has 0 radical (unpaired) electrons. The normalized spacial score (nSPS) is 14.7. The van der Waals surface area contributed by atoms with Crippen LogP contribution in [0.4, 0.5) is 0 Å². The second kappa shape index (κ2) is 5.64. The van der Waals surface area contributed by atoms with Gasteiger partial charge in [0, 0.05) is 24.0 Å². The highest BCUT2D eigenvalue weighted by Crippen LogP contribution is 2.32. The molecular formula is C18H20N4O2S. The van der Waals surface area contributed by atoms with Crippen molar-refractivity contribution in [3.63, 3.8) is 0 Å². The van der Waals surface area contributed by atoms with E-state index in [9.17, 15) is 8.42 Å². The van der Waals surface area contributed by atoms with Gasteiger partial charge in [0.05, 0.1) is 15.9 Å². The number of benzene rings is 1. The van der Waals surface area contributed by atoms with E-state index in [-0.39, 0.29) is 4.90 Å². The van der Waals surface area contributed by atoms with Crippen LogP contribution in [0.15, 0.2) is 29.2 Å². The molecule has 4 rings (SSSR count). The van der Waals surface area contributed by atoms with Gasteiger partial charge in [0.15, 0.2) is 0 Å². The molecule has 7 heteroatoms. The summed E-state index contributed by atoms with van der Waals surface area (Å²) in [7, 11) is -1.79. The first-order valence-corrected chi connectivity index (χ1v) is 9.88. The van der Waals surface area contributed by atoms with Crippen LogP contribution in [0, 0.1) is 6.92 Å². The summed E-state index contributed by atoms with van der Waals surface area (Å²) in [6.45, 7) is 2.00. The van der Waals surface area contributed by atoms with Gasteiger partial charge in [-0.15, -0.1) is 0 Å². The maximum Gasteiger partial charge on any atom is 0.238 e. The van der Waals surface area contributed by atoms with Gasteiger partial charge in [0.2, 0.25) is 10.0 Å². The number of hydrogen-bond acceptors (Lipinski definition) is 4. The molecule has 0 amide bonds. The fourth-order valence-corrected chi connectivity index (χ4v) is 4.17. The lowest BCUT2D eigenvalue weighted by molar-refractivity contribution is 0.598. The molecule has 2 heterocycles. The van der Waals surface area contributed by atoms with Crippen LogP contribution in [-0.2, 0) is 29.9 Å². The van der Waals surface area contributed by atoms with Crippen molar-refractivity contribution in [2.24, 2.45) is 12.2 Å². The van der Waals surface area contributed by atoms with Gasteiger partial charge in [-0.25, -0.2) is 18.5 Å². The lowest BCUT2D eigenvalue weighted by Crippen LogP contribution is -2.11. The Bertz CT molecular complexity index is 1100. The minimum atomic E-state index is -3.74. The molecule has 0 saturated heterocycles. The second-order valence-electron chi connectivity index (χ2n) is 6.63. The standard InChI is InChI=1S/C18H20N4O2S/c1-11-9-14(13-5-3-4-6-15(13)20-11)18-21-16-10-12(25(19,23)24)7-8-17(16)22(18)2/h7-10H,3-6H2,1-2H3,(H2,19,23,24). The molecule has 1 aliphatic carbocycles. The van der Waals surface area contributed by atoms with Crippen molar-refractivity contribution in [2.45, 2.75) is 37.5 Å². The maximum absolute atomic E-state index is 11.6. The van der Waals surface area contributed by atoms with E-state index in [1.165, 1.54) is 29.8 Å². The molecule has 25 heavy (non-hydrogen) atoms. The Balaban J connectivity index is 1.96. The minimum absolute atomic E-state index is 0.0811. The van der Waals surface area contributed by atoms with Crippen LogP contribution in [-0.4, -0.2) is 23.0 Å². The van der Waals surface area contributed by atoms with Gasteiger partial charge in [-0.2, -0.15) is 0 Å². The van der Waals surface area contributed by atoms with Crippen LogP contribution in [0.5, 0.6) is 0 Å². The molecule has 0 unspecified atom stereocenters. The van der Waals surface area contributed by atoms with E-state index in [0.29, 0.717) is 5.52 Å². The average Bonchev–Trinajstić information content (AvgIpc) is 2.89. The van der Waals surface area contributed by atoms with E-state index in [2.05, 4.69) is 6.07 Å². The van der Waals surface area contributed by atoms with Crippen LogP contribution >= 0.6 is 0 Å². The van der Waals surface area contributed by atoms with Gasteiger partial charge in [0.1, 0.15) is 5.82 Å². The van der Waals surface area contributed by atoms with Gasteiger partial charge >= 0.3 is 0 Å². The number of hydrogen-bond donors (Lipinski definition) is 1. The van der Waals surface area contributed by atoms with Crippen molar-refractivity contribution in [3.05, 3.63) is 41.2 Å². The van der Waals surface area contributed by atoms with Crippen LogP contribution < -0.4 is 5.14 Å². The second-order valence-corrected chi connectivity index (χ2v) is 8.19. The fourth-order valence-electron chi connectivity index (χ4n) is 3.64. The molecule has 2 N–H and O–H groups in total. The molecule has 0 saturated carbocycles. The Hall–Kier alpha value is -2.25. The van der Waals surface area contributed by atoms with Gasteiger partial charge in [0.25, 0.3) is 0 Å². The number of aryl methyl sites for hydroxylation is 3. The highest BCUT2D eigenvalue weighted by atomic mass is 32.2. The number of rotatable bonds is 2.